The standard InChI is InChI=1S/C14H29N3O2/c1-4-17-8-5-13(6-9-17)11-16-12(2)14(18)15-7-10-19-3/h12-13,16H,4-11H2,1-3H3,(H,15,18). The van der Waals surface area contributed by atoms with Gasteiger partial charge in [0.05, 0.1) is 12.6 Å². The van der Waals surface area contributed by atoms with Crippen LogP contribution >= 0.6 is 0 Å². The first-order valence-electron chi connectivity index (χ1n) is 7.39. The predicted octanol–water partition coefficient (Wildman–Crippen LogP) is 0.459. The predicted molar refractivity (Wildman–Crippen MR) is 77.2 cm³/mol. The molecule has 112 valence electrons. The summed E-state index contributed by atoms with van der Waals surface area (Å²) in [7, 11) is 1.64. The van der Waals surface area contributed by atoms with Crippen molar-refractivity contribution in [1.82, 2.24) is 15.5 Å². The second kappa shape index (κ2) is 9.28. The van der Waals surface area contributed by atoms with E-state index in [1.807, 2.05) is 6.92 Å². The quantitative estimate of drug-likeness (QED) is 0.630. The first kappa shape index (κ1) is 16.4. The minimum Gasteiger partial charge on any atom is -0.383 e. The number of piperidine rings is 1. The molecule has 5 nitrogen and oxygen atoms in total. The normalized spacial score (nSPS) is 19.3. The average Bonchev–Trinajstić information content (AvgIpc) is 2.45. The van der Waals surface area contributed by atoms with E-state index in [9.17, 15) is 4.79 Å². The third-order valence-electron chi connectivity index (χ3n) is 3.87. The number of nitrogens with one attached hydrogen (secondary N) is 2. The molecule has 19 heavy (non-hydrogen) atoms. The van der Waals surface area contributed by atoms with E-state index in [4.69, 9.17) is 4.74 Å². The number of ether oxygens (including phenoxy) is 1. The SMILES string of the molecule is CCN1CCC(CNC(C)C(=O)NCCOC)CC1. The van der Waals surface area contributed by atoms with Gasteiger partial charge in [0.2, 0.25) is 5.91 Å². The monoisotopic (exact) mass is 271 g/mol. The Kier molecular flexibility index (Phi) is 8.02. The Balaban J connectivity index is 2.12. The van der Waals surface area contributed by atoms with E-state index in [1.54, 1.807) is 7.11 Å². The second-order valence-corrected chi connectivity index (χ2v) is 5.29. The number of hydrogen-bond donors (Lipinski definition) is 2. The van der Waals surface area contributed by atoms with Crippen LogP contribution in [0.2, 0.25) is 0 Å². The van der Waals surface area contributed by atoms with Crippen molar-refractivity contribution in [2.24, 2.45) is 5.92 Å². The van der Waals surface area contributed by atoms with E-state index in [-0.39, 0.29) is 11.9 Å². The number of amides is 1. The van der Waals surface area contributed by atoms with Crippen LogP contribution in [0.5, 0.6) is 0 Å². The van der Waals surface area contributed by atoms with Gasteiger partial charge < -0.3 is 20.3 Å². The van der Waals surface area contributed by atoms with Gasteiger partial charge in [-0.15, -0.1) is 0 Å². The van der Waals surface area contributed by atoms with Crippen LogP contribution in [-0.2, 0) is 9.53 Å². The molecule has 1 saturated heterocycles. The molecule has 2 N–H and O–H groups in total. The molecule has 1 amide bonds. The lowest BCUT2D eigenvalue weighted by atomic mass is 9.96. The minimum atomic E-state index is -0.124. The zero-order valence-corrected chi connectivity index (χ0v) is 12.6. The summed E-state index contributed by atoms with van der Waals surface area (Å²) in [6, 6.07) is -0.124. The maximum absolute atomic E-state index is 11.8. The van der Waals surface area contributed by atoms with E-state index in [0.717, 1.165) is 13.1 Å². The van der Waals surface area contributed by atoms with Crippen molar-refractivity contribution in [3.8, 4) is 0 Å². The molecule has 1 aliphatic heterocycles. The van der Waals surface area contributed by atoms with Crippen molar-refractivity contribution < 1.29 is 9.53 Å². The van der Waals surface area contributed by atoms with Gasteiger partial charge in [0.15, 0.2) is 0 Å². The Morgan fingerprint density at radius 1 is 1.42 bits per heavy atom. The summed E-state index contributed by atoms with van der Waals surface area (Å²) in [5, 5.41) is 6.19. The van der Waals surface area contributed by atoms with Crippen molar-refractivity contribution in [3.05, 3.63) is 0 Å². The van der Waals surface area contributed by atoms with Gasteiger partial charge in [-0.3, -0.25) is 4.79 Å². The third-order valence-corrected chi connectivity index (χ3v) is 3.87. The number of methoxy groups -OCH3 is 1. The molecule has 0 aliphatic carbocycles. The number of carbonyl (C=O) groups is 1. The molecule has 0 aromatic heterocycles. The highest BCUT2D eigenvalue weighted by Gasteiger charge is 2.19. The number of nitrogens with zero attached hydrogens (tertiary/aromatic N) is 1. The molecule has 1 unspecified atom stereocenters. The summed E-state index contributed by atoms with van der Waals surface area (Å²) >= 11 is 0. The fourth-order valence-corrected chi connectivity index (χ4v) is 2.37. The molecule has 1 rings (SSSR count). The van der Waals surface area contributed by atoms with Crippen LogP contribution in [0, 0.1) is 5.92 Å². The molecule has 0 spiro atoms. The highest BCUT2D eigenvalue weighted by atomic mass is 16.5. The van der Waals surface area contributed by atoms with Gasteiger partial charge in [0.25, 0.3) is 0 Å². The molecule has 1 atom stereocenters. The highest BCUT2D eigenvalue weighted by Crippen LogP contribution is 2.15. The summed E-state index contributed by atoms with van der Waals surface area (Å²) in [4.78, 5) is 14.2. The van der Waals surface area contributed by atoms with Gasteiger partial charge in [-0.2, -0.15) is 0 Å². The van der Waals surface area contributed by atoms with Crippen LogP contribution in [0.15, 0.2) is 0 Å². The summed E-state index contributed by atoms with van der Waals surface area (Å²) < 4.78 is 4.91. The average molecular weight is 271 g/mol. The van der Waals surface area contributed by atoms with Crippen molar-refractivity contribution in [3.63, 3.8) is 0 Å². The van der Waals surface area contributed by atoms with E-state index in [2.05, 4.69) is 22.5 Å². The van der Waals surface area contributed by atoms with Crippen LogP contribution < -0.4 is 10.6 Å². The second-order valence-electron chi connectivity index (χ2n) is 5.29. The lowest BCUT2D eigenvalue weighted by Gasteiger charge is -2.31. The zero-order chi connectivity index (χ0) is 14.1. The molecular weight excluding hydrogens is 242 g/mol. The Labute approximate surface area is 117 Å². The largest absolute Gasteiger partial charge is 0.383 e. The van der Waals surface area contributed by atoms with Crippen LogP contribution in [0.3, 0.4) is 0 Å². The molecule has 1 aliphatic rings. The molecule has 5 heteroatoms. The summed E-state index contributed by atoms with van der Waals surface area (Å²) in [6.07, 6.45) is 2.47. The molecule has 0 saturated carbocycles. The Morgan fingerprint density at radius 2 is 2.11 bits per heavy atom. The van der Waals surface area contributed by atoms with Gasteiger partial charge in [0.1, 0.15) is 0 Å². The smallest absolute Gasteiger partial charge is 0.236 e. The van der Waals surface area contributed by atoms with Gasteiger partial charge in [-0.05, 0) is 51.9 Å². The Morgan fingerprint density at radius 3 is 2.68 bits per heavy atom. The number of rotatable bonds is 8. The van der Waals surface area contributed by atoms with Gasteiger partial charge in [-0.1, -0.05) is 6.92 Å². The van der Waals surface area contributed by atoms with Crippen molar-refractivity contribution in [2.75, 3.05) is 46.4 Å². The van der Waals surface area contributed by atoms with Crippen molar-refractivity contribution in [2.45, 2.75) is 32.7 Å². The molecule has 1 fully saturated rings. The summed E-state index contributed by atoms with van der Waals surface area (Å²) in [5.74, 6) is 0.764. The molecule has 0 aromatic carbocycles. The zero-order valence-electron chi connectivity index (χ0n) is 12.6. The van der Waals surface area contributed by atoms with Crippen LogP contribution in [0.4, 0.5) is 0 Å². The summed E-state index contributed by atoms with van der Waals surface area (Å²) in [5.41, 5.74) is 0. The fraction of sp³-hybridized carbons (Fsp3) is 0.929. The lowest BCUT2D eigenvalue weighted by Crippen LogP contribution is -2.46. The van der Waals surface area contributed by atoms with Crippen molar-refractivity contribution >= 4 is 5.91 Å². The van der Waals surface area contributed by atoms with Crippen LogP contribution in [-0.4, -0.2) is 63.3 Å². The van der Waals surface area contributed by atoms with E-state index in [1.165, 1.54) is 25.9 Å². The van der Waals surface area contributed by atoms with E-state index < -0.39 is 0 Å². The highest BCUT2D eigenvalue weighted by molar-refractivity contribution is 5.81. The molecule has 0 aromatic rings. The summed E-state index contributed by atoms with van der Waals surface area (Å²) in [6.45, 7) is 9.75. The van der Waals surface area contributed by atoms with Gasteiger partial charge >= 0.3 is 0 Å². The number of hydrogen-bond acceptors (Lipinski definition) is 4. The van der Waals surface area contributed by atoms with E-state index >= 15 is 0 Å². The molecule has 0 radical (unpaired) electrons. The van der Waals surface area contributed by atoms with Crippen LogP contribution in [0.1, 0.15) is 26.7 Å². The van der Waals surface area contributed by atoms with Crippen molar-refractivity contribution in [1.29, 1.82) is 0 Å². The molecular formula is C14H29N3O2. The maximum Gasteiger partial charge on any atom is 0.236 e. The number of likely N-dealkylation sites (tertiary alicyclic amines) is 1. The molecule has 1 heterocycles. The first-order valence-corrected chi connectivity index (χ1v) is 7.39. The maximum atomic E-state index is 11.8. The van der Waals surface area contributed by atoms with Crippen LogP contribution in [0.25, 0.3) is 0 Å². The number of carbonyl (C=O) groups excluding carboxylic acids is 1. The Hall–Kier alpha value is -0.650. The topological polar surface area (TPSA) is 53.6 Å². The Bertz CT molecular complexity index is 253. The first-order chi connectivity index (χ1) is 9.17. The lowest BCUT2D eigenvalue weighted by molar-refractivity contribution is -0.123. The van der Waals surface area contributed by atoms with E-state index in [0.29, 0.717) is 19.1 Å². The molecule has 0 bridgehead atoms. The fourth-order valence-electron chi connectivity index (χ4n) is 2.37. The third kappa shape index (κ3) is 6.36. The van der Waals surface area contributed by atoms with Gasteiger partial charge in [0, 0.05) is 13.7 Å². The minimum absolute atomic E-state index is 0.0584. The van der Waals surface area contributed by atoms with Gasteiger partial charge in [-0.25, -0.2) is 0 Å².